The number of nitrogens with two attached hydrogens (primary N) is 1. The topological polar surface area (TPSA) is 46.3 Å². The van der Waals surface area contributed by atoms with E-state index in [2.05, 4.69) is 0 Å². The highest BCUT2D eigenvalue weighted by molar-refractivity contribution is 6.30. The van der Waals surface area contributed by atoms with Crippen LogP contribution in [0, 0.1) is 5.92 Å². The molecular formula is C16H21ClN2O. The monoisotopic (exact) mass is 292 g/mol. The molecule has 108 valence electrons. The van der Waals surface area contributed by atoms with Crippen molar-refractivity contribution < 1.29 is 4.79 Å². The number of benzene rings is 1. The molecule has 2 rings (SSSR count). The van der Waals surface area contributed by atoms with E-state index in [9.17, 15) is 4.79 Å². The summed E-state index contributed by atoms with van der Waals surface area (Å²) in [4.78, 5) is 14.1. The van der Waals surface area contributed by atoms with Crippen molar-refractivity contribution in [3.05, 3.63) is 40.9 Å². The van der Waals surface area contributed by atoms with E-state index in [-0.39, 0.29) is 5.91 Å². The minimum Gasteiger partial charge on any atom is -0.339 e. The third-order valence-electron chi connectivity index (χ3n) is 3.69. The van der Waals surface area contributed by atoms with Crippen molar-refractivity contribution >= 4 is 23.6 Å². The van der Waals surface area contributed by atoms with Crippen molar-refractivity contribution in [1.29, 1.82) is 0 Å². The fourth-order valence-corrected chi connectivity index (χ4v) is 2.71. The van der Waals surface area contributed by atoms with Gasteiger partial charge < -0.3 is 10.6 Å². The number of likely N-dealkylation sites (tertiary alicyclic amines) is 1. The van der Waals surface area contributed by atoms with Gasteiger partial charge in [-0.1, -0.05) is 23.7 Å². The maximum absolute atomic E-state index is 12.2. The van der Waals surface area contributed by atoms with Gasteiger partial charge in [-0.15, -0.1) is 0 Å². The first-order chi connectivity index (χ1) is 9.69. The highest BCUT2D eigenvalue weighted by atomic mass is 35.5. The van der Waals surface area contributed by atoms with Crippen molar-refractivity contribution in [2.24, 2.45) is 11.7 Å². The van der Waals surface area contributed by atoms with Crippen LogP contribution in [0.5, 0.6) is 0 Å². The zero-order valence-corrected chi connectivity index (χ0v) is 12.4. The zero-order valence-electron chi connectivity index (χ0n) is 11.6. The summed E-state index contributed by atoms with van der Waals surface area (Å²) in [5.41, 5.74) is 6.58. The van der Waals surface area contributed by atoms with Crippen molar-refractivity contribution in [3.63, 3.8) is 0 Å². The Morgan fingerprint density at radius 3 is 2.85 bits per heavy atom. The molecule has 20 heavy (non-hydrogen) atoms. The third-order valence-corrected chi connectivity index (χ3v) is 3.95. The SMILES string of the molecule is NCCC1CCCN(C(=O)C=Cc2ccc(Cl)cc2)C1. The maximum Gasteiger partial charge on any atom is 0.246 e. The molecule has 1 aromatic rings. The van der Waals surface area contributed by atoms with Gasteiger partial charge in [0.15, 0.2) is 0 Å². The van der Waals surface area contributed by atoms with Gasteiger partial charge >= 0.3 is 0 Å². The first-order valence-electron chi connectivity index (χ1n) is 7.11. The van der Waals surface area contributed by atoms with Crippen LogP contribution in [-0.2, 0) is 4.79 Å². The Labute approximate surface area is 125 Å². The average Bonchev–Trinajstić information content (AvgIpc) is 2.47. The van der Waals surface area contributed by atoms with Gasteiger partial charge in [-0.05, 0) is 55.5 Å². The van der Waals surface area contributed by atoms with E-state index in [1.165, 1.54) is 6.42 Å². The predicted molar refractivity (Wildman–Crippen MR) is 83.5 cm³/mol. The van der Waals surface area contributed by atoms with E-state index in [0.717, 1.165) is 31.5 Å². The number of carbonyl (C=O) groups excluding carboxylic acids is 1. The summed E-state index contributed by atoms with van der Waals surface area (Å²) in [5.74, 6) is 0.642. The second-order valence-electron chi connectivity index (χ2n) is 5.25. The molecule has 1 heterocycles. The van der Waals surface area contributed by atoms with Crippen LogP contribution in [0.1, 0.15) is 24.8 Å². The second-order valence-corrected chi connectivity index (χ2v) is 5.69. The smallest absolute Gasteiger partial charge is 0.246 e. The summed E-state index contributed by atoms with van der Waals surface area (Å²) in [6.07, 6.45) is 6.75. The normalized spacial score (nSPS) is 19.5. The molecule has 0 saturated carbocycles. The van der Waals surface area contributed by atoms with Crippen LogP contribution in [0.4, 0.5) is 0 Å². The molecular weight excluding hydrogens is 272 g/mol. The first-order valence-corrected chi connectivity index (χ1v) is 7.49. The van der Waals surface area contributed by atoms with Gasteiger partial charge in [-0.2, -0.15) is 0 Å². The number of rotatable bonds is 4. The second kappa shape index (κ2) is 7.46. The van der Waals surface area contributed by atoms with E-state index in [0.29, 0.717) is 17.5 Å². The zero-order chi connectivity index (χ0) is 14.4. The van der Waals surface area contributed by atoms with Gasteiger partial charge in [-0.25, -0.2) is 0 Å². The van der Waals surface area contributed by atoms with Gasteiger partial charge in [0.05, 0.1) is 0 Å². The Morgan fingerprint density at radius 2 is 2.15 bits per heavy atom. The van der Waals surface area contributed by atoms with Crippen LogP contribution in [0.3, 0.4) is 0 Å². The third kappa shape index (κ3) is 4.36. The van der Waals surface area contributed by atoms with E-state index in [4.69, 9.17) is 17.3 Å². The van der Waals surface area contributed by atoms with Crippen LogP contribution >= 0.6 is 11.6 Å². The fraction of sp³-hybridized carbons (Fsp3) is 0.438. The molecule has 1 fully saturated rings. The molecule has 4 heteroatoms. The molecule has 1 unspecified atom stereocenters. The standard InChI is InChI=1S/C16H21ClN2O/c17-15-6-3-13(4-7-15)5-8-16(20)19-11-1-2-14(12-19)9-10-18/h3-8,14H,1-2,9-12,18H2. The number of halogens is 1. The van der Waals surface area contributed by atoms with Gasteiger partial charge in [-0.3, -0.25) is 4.79 Å². The summed E-state index contributed by atoms with van der Waals surface area (Å²) >= 11 is 5.83. The lowest BCUT2D eigenvalue weighted by Gasteiger charge is -2.32. The van der Waals surface area contributed by atoms with Crippen molar-refractivity contribution in [1.82, 2.24) is 4.90 Å². The Hall–Kier alpha value is -1.32. The molecule has 1 amide bonds. The van der Waals surface area contributed by atoms with E-state index >= 15 is 0 Å². The van der Waals surface area contributed by atoms with Crippen LogP contribution < -0.4 is 5.73 Å². The Balaban J connectivity index is 1.92. The van der Waals surface area contributed by atoms with E-state index in [1.54, 1.807) is 6.08 Å². The van der Waals surface area contributed by atoms with Crippen molar-refractivity contribution in [3.8, 4) is 0 Å². The van der Waals surface area contributed by atoms with Gasteiger partial charge in [0, 0.05) is 24.2 Å². The molecule has 0 radical (unpaired) electrons. The number of piperidine rings is 1. The molecule has 1 aliphatic rings. The van der Waals surface area contributed by atoms with Crippen LogP contribution in [0.25, 0.3) is 6.08 Å². The molecule has 0 aromatic heterocycles. The van der Waals surface area contributed by atoms with Crippen LogP contribution in [-0.4, -0.2) is 30.4 Å². The molecule has 1 atom stereocenters. The van der Waals surface area contributed by atoms with E-state index < -0.39 is 0 Å². The highest BCUT2D eigenvalue weighted by Gasteiger charge is 2.21. The first kappa shape index (κ1) is 15.1. The summed E-state index contributed by atoms with van der Waals surface area (Å²) in [7, 11) is 0. The highest BCUT2D eigenvalue weighted by Crippen LogP contribution is 2.19. The molecule has 0 aliphatic carbocycles. The van der Waals surface area contributed by atoms with Crippen molar-refractivity contribution in [2.75, 3.05) is 19.6 Å². The molecule has 0 bridgehead atoms. The lowest BCUT2D eigenvalue weighted by Crippen LogP contribution is -2.39. The molecule has 3 nitrogen and oxygen atoms in total. The molecule has 1 aliphatic heterocycles. The quantitative estimate of drug-likeness (QED) is 0.867. The summed E-state index contributed by atoms with van der Waals surface area (Å²) in [5, 5.41) is 0.703. The lowest BCUT2D eigenvalue weighted by atomic mass is 9.95. The summed E-state index contributed by atoms with van der Waals surface area (Å²) in [6.45, 7) is 2.39. The summed E-state index contributed by atoms with van der Waals surface area (Å²) < 4.78 is 0. The maximum atomic E-state index is 12.2. The number of hydrogen-bond donors (Lipinski definition) is 1. The number of amides is 1. The van der Waals surface area contributed by atoms with Gasteiger partial charge in [0.1, 0.15) is 0 Å². The number of carbonyl (C=O) groups is 1. The Bertz CT molecular complexity index is 468. The van der Waals surface area contributed by atoms with E-state index in [1.807, 2.05) is 35.2 Å². The van der Waals surface area contributed by atoms with Gasteiger partial charge in [0.25, 0.3) is 0 Å². The molecule has 1 saturated heterocycles. The molecule has 1 aromatic carbocycles. The predicted octanol–water partition coefficient (Wildman–Crippen LogP) is 2.94. The fourth-order valence-electron chi connectivity index (χ4n) is 2.58. The number of nitrogens with zero attached hydrogens (tertiary/aromatic N) is 1. The average molecular weight is 293 g/mol. The summed E-state index contributed by atoms with van der Waals surface area (Å²) in [6, 6.07) is 7.45. The van der Waals surface area contributed by atoms with Crippen LogP contribution in [0.15, 0.2) is 30.3 Å². The van der Waals surface area contributed by atoms with Crippen LogP contribution in [0.2, 0.25) is 5.02 Å². The Morgan fingerprint density at radius 1 is 1.40 bits per heavy atom. The minimum absolute atomic E-state index is 0.0849. The number of hydrogen-bond acceptors (Lipinski definition) is 2. The lowest BCUT2D eigenvalue weighted by molar-refractivity contribution is -0.127. The minimum atomic E-state index is 0.0849. The Kier molecular flexibility index (Phi) is 5.62. The molecule has 0 spiro atoms. The van der Waals surface area contributed by atoms with Crippen molar-refractivity contribution in [2.45, 2.75) is 19.3 Å². The van der Waals surface area contributed by atoms with Gasteiger partial charge in [0.2, 0.25) is 5.91 Å². The largest absolute Gasteiger partial charge is 0.339 e. The molecule has 2 N–H and O–H groups in total.